The summed E-state index contributed by atoms with van der Waals surface area (Å²) >= 11 is 0. The fourth-order valence-electron chi connectivity index (χ4n) is 3.52. The number of nitrogens with zero attached hydrogens (tertiary/aromatic N) is 2. The molecule has 1 heterocycles. The zero-order valence-corrected chi connectivity index (χ0v) is 16.4. The molecule has 0 saturated heterocycles. The standard InChI is InChI=1S/C20H20F5N3O3/c1-28-17(29)20(27-19(28)26,11-2-5-13(6-3-11)31-18(24)25)12-4-7-14(21)15(10-12)30-9-8-16(22)23/h2,4-7,10-11,16,18H,3,8-9H2,1H3,(H2,26,27)/t11?,20-/m1/s1. The summed E-state index contributed by atoms with van der Waals surface area (Å²) in [6, 6.07) is 3.59. The van der Waals surface area contributed by atoms with Crippen LogP contribution < -0.4 is 10.5 Å². The molecule has 2 N–H and O–H groups in total. The Kier molecular flexibility index (Phi) is 6.51. The number of hydrogen-bond donors (Lipinski definition) is 1. The number of rotatable bonds is 8. The molecule has 1 amide bonds. The third-order valence-corrected chi connectivity index (χ3v) is 5.06. The van der Waals surface area contributed by atoms with Crippen molar-refractivity contribution in [2.24, 2.45) is 16.6 Å². The van der Waals surface area contributed by atoms with E-state index >= 15 is 0 Å². The molecule has 2 atom stereocenters. The second-order valence-corrected chi connectivity index (χ2v) is 6.96. The Morgan fingerprint density at radius 1 is 1.32 bits per heavy atom. The first kappa shape index (κ1) is 22.6. The Morgan fingerprint density at radius 2 is 2.06 bits per heavy atom. The van der Waals surface area contributed by atoms with Gasteiger partial charge in [-0.2, -0.15) is 8.78 Å². The van der Waals surface area contributed by atoms with Gasteiger partial charge in [-0.3, -0.25) is 9.69 Å². The van der Waals surface area contributed by atoms with Gasteiger partial charge in [0.2, 0.25) is 6.43 Å². The molecule has 1 aliphatic heterocycles. The molecule has 0 saturated carbocycles. The minimum Gasteiger partial charge on any atom is -0.490 e. The van der Waals surface area contributed by atoms with Crippen molar-refractivity contribution < 1.29 is 36.2 Å². The highest BCUT2D eigenvalue weighted by Gasteiger charge is 2.53. The number of amides is 1. The van der Waals surface area contributed by atoms with E-state index in [1.165, 1.54) is 37.4 Å². The van der Waals surface area contributed by atoms with Crippen LogP contribution in [0.1, 0.15) is 18.4 Å². The Balaban J connectivity index is 1.98. The third-order valence-electron chi connectivity index (χ3n) is 5.06. The molecule has 31 heavy (non-hydrogen) atoms. The second-order valence-electron chi connectivity index (χ2n) is 6.96. The summed E-state index contributed by atoms with van der Waals surface area (Å²) in [4.78, 5) is 18.7. The monoisotopic (exact) mass is 445 g/mol. The quantitative estimate of drug-likeness (QED) is 0.621. The van der Waals surface area contributed by atoms with E-state index in [1.807, 2.05) is 0 Å². The molecule has 0 spiro atoms. The molecular weight excluding hydrogens is 425 g/mol. The molecule has 0 aromatic heterocycles. The van der Waals surface area contributed by atoms with E-state index in [1.54, 1.807) is 0 Å². The van der Waals surface area contributed by atoms with E-state index in [2.05, 4.69) is 9.73 Å². The Hall–Kier alpha value is -3.11. The van der Waals surface area contributed by atoms with Crippen LogP contribution in [-0.4, -0.2) is 43.5 Å². The normalized spacial score (nSPS) is 23.4. The molecule has 1 unspecified atom stereocenters. The van der Waals surface area contributed by atoms with Crippen molar-refractivity contribution in [3.8, 4) is 5.75 Å². The van der Waals surface area contributed by atoms with E-state index in [0.717, 1.165) is 11.0 Å². The number of ether oxygens (including phenoxy) is 2. The van der Waals surface area contributed by atoms with Crippen molar-refractivity contribution in [3.05, 3.63) is 53.6 Å². The van der Waals surface area contributed by atoms with Crippen LogP contribution in [0.3, 0.4) is 0 Å². The topological polar surface area (TPSA) is 77.2 Å². The van der Waals surface area contributed by atoms with Crippen molar-refractivity contribution in [1.29, 1.82) is 0 Å². The van der Waals surface area contributed by atoms with Crippen LogP contribution in [0.4, 0.5) is 22.0 Å². The van der Waals surface area contributed by atoms with Gasteiger partial charge in [0, 0.05) is 19.4 Å². The SMILES string of the molecule is CN1C(=O)[C@](c2ccc(F)c(OCCC(F)F)c2)(C2C=CC(OC(F)F)=CC2)N=C1N. The number of guanidine groups is 1. The van der Waals surface area contributed by atoms with E-state index in [0.29, 0.717) is 0 Å². The number of benzene rings is 1. The largest absolute Gasteiger partial charge is 0.490 e. The van der Waals surface area contributed by atoms with Gasteiger partial charge >= 0.3 is 6.61 Å². The van der Waals surface area contributed by atoms with Gasteiger partial charge in [-0.15, -0.1) is 0 Å². The third kappa shape index (κ3) is 4.49. The van der Waals surface area contributed by atoms with Gasteiger partial charge in [-0.25, -0.2) is 18.2 Å². The maximum absolute atomic E-state index is 14.2. The molecule has 2 aliphatic rings. The number of halogens is 5. The summed E-state index contributed by atoms with van der Waals surface area (Å²) in [7, 11) is 1.42. The van der Waals surface area contributed by atoms with Crippen LogP contribution in [0, 0.1) is 11.7 Å². The molecule has 168 valence electrons. The van der Waals surface area contributed by atoms with Gasteiger partial charge in [0.15, 0.2) is 23.1 Å². The van der Waals surface area contributed by atoms with Crippen LogP contribution in [0.15, 0.2) is 47.2 Å². The second kappa shape index (κ2) is 8.94. The average Bonchev–Trinajstić information content (AvgIpc) is 2.94. The number of alkyl halides is 4. The molecule has 11 heteroatoms. The van der Waals surface area contributed by atoms with E-state index in [9.17, 15) is 26.7 Å². The molecule has 1 aromatic carbocycles. The fraction of sp³-hybridized carbons (Fsp3) is 0.400. The summed E-state index contributed by atoms with van der Waals surface area (Å²) in [6.07, 6.45) is 1.07. The first-order valence-corrected chi connectivity index (χ1v) is 9.32. The highest BCUT2D eigenvalue weighted by molar-refractivity contribution is 6.07. The van der Waals surface area contributed by atoms with Gasteiger partial charge in [0.1, 0.15) is 5.76 Å². The number of likely N-dealkylation sites (N-methyl/N-ethyl adjacent to an activating group) is 1. The molecular formula is C20H20F5N3O3. The zero-order chi connectivity index (χ0) is 22.8. The molecule has 0 radical (unpaired) electrons. The van der Waals surface area contributed by atoms with Gasteiger partial charge in [0.05, 0.1) is 6.61 Å². The number of aliphatic imine (C=N–C) groups is 1. The smallest absolute Gasteiger partial charge is 0.387 e. The molecule has 6 nitrogen and oxygen atoms in total. The van der Waals surface area contributed by atoms with E-state index < -0.39 is 49.2 Å². The van der Waals surface area contributed by atoms with Crippen LogP contribution in [0.2, 0.25) is 0 Å². The number of nitrogens with two attached hydrogens (primary N) is 1. The van der Waals surface area contributed by atoms with Gasteiger partial charge in [-0.05, 0) is 36.3 Å². The number of carbonyl (C=O) groups is 1. The van der Waals surface area contributed by atoms with Crippen LogP contribution >= 0.6 is 0 Å². The highest BCUT2D eigenvalue weighted by Crippen LogP contribution is 2.44. The van der Waals surface area contributed by atoms with Crippen LogP contribution in [-0.2, 0) is 15.1 Å². The minimum atomic E-state index is -3.00. The maximum atomic E-state index is 14.2. The van der Waals surface area contributed by atoms with Crippen molar-refractivity contribution >= 4 is 11.9 Å². The Labute approximate surface area is 174 Å². The van der Waals surface area contributed by atoms with Crippen LogP contribution in [0.25, 0.3) is 0 Å². The molecule has 0 fully saturated rings. The molecule has 1 aliphatic carbocycles. The molecule has 0 bridgehead atoms. The van der Waals surface area contributed by atoms with Crippen molar-refractivity contribution in [2.45, 2.75) is 31.4 Å². The maximum Gasteiger partial charge on any atom is 0.387 e. The summed E-state index contributed by atoms with van der Waals surface area (Å²) in [6.45, 7) is -3.43. The summed E-state index contributed by atoms with van der Waals surface area (Å²) in [5.41, 5.74) is 4.47. The minimum absolute atomic E-state index is 0.0627. The lowest BCUT2D eigenvalue weighted by molar-refractivity contribution is -0.132. The lowest BCUT2D eigenvalue weighted by Crippen LogP contribution is -2.44. The highest BCUT2D eigenvalue weighted by atomic mass is 19.3. The Bertz CT molecular complexity index is 935. The number of allylic oxidation sites excluding steroid dienone is 2. The van der Waals surface area contributed by atoms with Crippen LogP contribution in [0.5, 0.6) is 5.75 Å². The fourth-order valence-corrected chi connectivity index (χ4v) is 3.52. The molecule has 3 rings (SSSR count). The van der Waals surface area contributed by atoms with Gasteiger partial charge < -0.3 is 15.2 Å². The zero-order valence-electron chi connectivity index (χ0n) is 16.4. The van der Waals surface area contributed by atoms with Gasteiger partial charge in [0.25, 0.3) is 5.91 Å². The van der Waals surface area contributed by atoms with Gasteiger partial charge in [-0.1, -0.05) is 12.1 Å². The predicted octanol–water partition coefficient (Wildman–Crippen LogP) is 3.54. The first-order chi connectivity index (χ1) is 14.6. The summed E-state index contributed by atoms with van der Waals surface area (Å²) < 4.78 is 73.4. The lowest BCUT2D eigenvalue weighted by atomic mass is 9.74. The predicted molar refractivity (Wildman–Crippen MR) is 101 cm³/mol. The average molecular weight is 445 g/mol. The summed E-state index contributed by atoms with van der Waals surface area (Å²) in [5, 5.41) is 0. The van der Waals surface area contributed by atoms with Crippen molar-refractivity contribution in [1.82, 2.24) is 4.90 Å². The molecule has 1 aromatic rings. The van der Waals surface area contributed by atoms with Crippen molar-refractivity contribution in [3.63, 3.8) is 0 Å². The first-order valence-electron chi connectivity index (χ1n) is 9.32. The van der Waals surface area contributed by atoms with E-state index in [4.69, 9.17) is 10.5 Å². The summed E-state index contributed by atoms with van der Waals surface area (Å²) in [5.74, 6) is -2.43. The number of carbonyl (C=O) groups excluding carboxylic acids is 1. The number of hydrogen-bond acceptors (Lipinski definition) is 5. The Morgan fingerprint density at radius 3 is 2.61 bits per heavy atom. The van der Waals surface area contributed by atoms with Crippen molar-refractivity contribution in [2.75, 3.05) is 13.7 Å². The lowest BCUT2D eigenvalue weighted by Gasteiger charge is -2.33. The van der Waals surface area contributed by atoms with E-state index in [-0.39, 0.29) is 29.5 Å².